The molecule has 0 amide bonds. The van der Waals surface area contributed by atoms with E-state index in [2.05, 4.69) is 16.0 Å². The number of hydrogen-bond acceptors (Lipinski definition) is 4. The van der Waals surface area contributed by atoms with Crippen molar-refractivity contribution in [1.29, 1.82) is 0 Å². The number of piperidine rings is 1. The molecule has 1 aliphatic rings. The molecule has 1 aromatic rings. The van der Waals surface area contributed by atoms with Crippen molar-refractivity contribution in [2.75, 3.05) is 31.1 Å². The smallest absolute Gasteiger partial charge is 0.128 e. The predicted molar refractivity (Wildman–Crippen MR) is 64.5 cm³/mol. The van der Waals surface area contributed by atoms with Crippen molar-refractivity contribution in [1.82, 2.24) is 4.98 Å². The van der Waals surface area contributed by atoms with E-state index >= 15 is 0 Å². The fourth-order valence-corrected chi connectivity index (χ4v) is 2.03. The molecule has 16 heavy (non-hydrogen) atoms. The SMILES string of the molecule is NCCOC1CCN(c2ccccn2)CC1. The van der Waals surface area contributed by atoms with E-state index in [-0.39, 0.29) is 0 Å². The van der Waals surface area contributed by atoms with Crippen LogP contribution in [0.15, 0.2) is 24.4 Å². The minimum Gasteiger partial charge on any atom is -0.377 e. The largest absolute Gasteiger partial charge is 0.377 e. The molecule has 2 N–H and O–H groups in total. The Morgan fingerprint density at radius 2 is 2.19 bits per heavy atom. The molecule has 4 heteroatoms. The van der Waals surface area contributed by atoms with E-state index in [1.165, 1.54) is 0 Å². The Kier molecular flexibility index (Phi) is 4.13. The minimum atomic E-state index is 0.378. The first-order valence-electron chi connectivity index (χ1n) is 5.88. The summed E-state index contributed by atoms with van der Waals surface area (Å²) in [6.07, 6.45) is 4.35. The summed E-state index contributed by atoms with van der Waals surface area (Å²) in [6.45, 7) is 3.33. The third kappa shape index (κ3) is 2.93. The normalized spacial score (nSPS) is 17.7. The van der Waals surface area contributed by atoms with Crippen LogP contribution >= 0.6 is 0 Å². The third-order valence-corrected chi connectivity index (χ3v) is 2.89. The highest BCUT2D eigenvalue weighted by Crippen LogP contribution is 2.18. The minimum absolute atomic E-state index is 0.378. The fraction of sp³-hybridized carbons (Fsp3) is 0.583. The molecule has 88 valence electrons. The molecular weight excluding hydrogens is 202 g/mol. The Morgan fingerprint density at radius 1 is 1.38 bits per heavy atom. The summed E-state index contributed by atoms with van der Waals surface area (Å²) in [5.74, 6) is 1.07. The molecule has 4 nitrogen and oxygen atoms in total. The molecule has 2 rings (SSSR count). The fourth-order valence-electron chi connectivity index (χ4n) is 2.03. The maximum Gasteiger partial charge on any atom is 0.128 e. The van der Waals surface area contributed by atoms with Crippen LogP contribution < -0.4 is 10.6 Å². The second-order valence-electron chi connectivity index (χ2n) is 4.03. The van der Waals surface area contributed by atoms with Gasteiger partial charge in [0.25, 0.3) is 0 Å². The van der Waals surface area contributed by atoms with Gasteiger partial charge in [-0.1, -0.05) is 6.07 Å². The van der Waals surface area contributed by atoms with Gasteiger partial charge in [-0.25, -0.2) is 4.98 Å². The van der Waals surface area contributed by atoms with Crippen molar-refractivity contribution < 1.29 is 4.74 Å². The zero-order valence-electron chi connectivity index (χ0n) is 9.51. The molecule has 0 unspecified atom stereocenters. The lowest BCUT2D eigenvalue weighted by molar-refractivity contribution is 0.0421. The lowest BCUT2D eigenvalue weighted by atomic mass is 10.1. The zero-order valence-corrected chi connectivity index (χ0v) is 9.51. The molecule has 0 atom stereocenters. The monoisotopic (exact) mass is 221 g/mol. The second kappa shape index (κ2) is 5.82. The molecule has 0 aliphatic carbocycles. The van der Waals surface area contributed by atoms with Gasteiger partial charge in [0.1, 0.15) is 5.82 Å². The Balaban J connectivity index is 1.81. The van der Waals surface area contributed by atoms with Gasteiger partial charge in [-0.2, -0.15) is 0 Å². The van der Waals surface area contributed by atoms with Crippen LogP contribution in [0.4, 0.5) is 5.82 Å². The van der Waals surface area contributed by atoms with Gasteiger partial charge in [0.2, 0.25) is 0 Å². The van der Waals surface area contributed by atoms with Crippen molar-refractivity contribution >= 4 is 5.82 Å². The molecule has 0 aromatic carbocycles. The van der Waals surface area contributed by atoms with E-state index < -0.39 is 0 Å². The van der Waals surface area contributed by atoms with Crippen LogP contribution in [0.1, 0.15) is 12.8 Å². The lowest BCUT2D eigenvalue weighted by Gasteiger charge is -2.32. The highest BCUT2D eigenvalue weighted by atomic mass is 16.5. The zero-order chi connectivity index (χ0) is 11.2. The Morgan fingerprint density at radius 3 is 2.81 bits per heavy atom. The highest BCUT2D eigenvalue weighted by molar-refractivity contribution is 5.37. The summed E-state index contributed by atoms with van der Waals surface area (Å²) in [4.78, 5) is 6.66. The predicted octanol–water partition coefficient (Wildman–Crippen LogP) is 1.03. The number of pyridine rings is 1. The van der Waals surface area contributed by atoms with Crippen molar-refractivity contribution in [3.05, 3.63) is 24.4 Å². The second-order valence-corrected chi connectivity index (χ2v) is 4.03. The maximum absolute atomic E-state index is 5.64. The molecule has 0 bridgehead atoms. The van der Waals surface area contributed by atoms with Gasteiger partial charge < -0.3 is 15.4 Å². The topological polar surface area (TPSA) is 51.4 Å². The first kappa shape index (κ1) is 11.4. The average molecular weight is 221 g/mol. The quantitative estimate of drug-likeness (QED) is 0.825. The lowest BCUT2D eigenvalue weighted by Crippen LogP contribution is -2.38. The van der Waals surface area contributed by atoms with Crippen LogP contribution in [-0.4, -0.2) is 37.3 Å². The van der Waals surface area contributed by atoms with Gasteiger partial charge in [-0.3, -0.25) is 0 Å². The van der Waals surface area contributed by atoms with E-state index in [0.29, 0.717) is 19.3 Å². The van der Waals surface area contributed by atoms with Crippen molar-refractivity contribution in [2.45, 2.75) is 18.9 Å². The molecule has 1 aliphatic heterocycles. The third-order valence-electron chi connectivity index (χ3n) is 2.89. The highest BCUT2D eigenvalue weighted by Gasteiger charge is 2.19. The summed E-state index contributed by atoms with van der Waals surface area (Å²) < 4.78 is 5.64. The summed E-state index contributed by atoms with van der Waals surface area (Å²) in [5, 5.41) is 0. The number of anilines is 1. The van der Waals surface area contributed by atoms with Gasteiger partial charge in [-0.15, -0.1) is 0 Å². The van der Waals surface area contributed by atoms with E-state index in [0.717, 1.165) is 31.7 Å². The number of ether oxygens (including phenoxy) is 1. The molecule has 1 fully saturated rings. The first-order valence-corrected chi connectivity index (χ1v) is 5.88. The van der Waals surface area contributed by atoms with Crippen LogP contribution in [0.5, 0.6) is 0 Å². The number of hydrogen-bond donors (Lipinski definition) is 1. The number of rotatable bonds is 4. The van der Waals surface area contributed by atoms with Crippen LogP contribution in [0.3, 0.4) is 0 Å². The Bertz CT molecular complexity index is 296. The van der Waals surface area contributed by atoms with Gasteiger partial charge in [0, 0.05) is 25.8 Å². The summed E-state index contributed by atoms with van der Waals surface area (Å²) >= 11 is 0. The molecule has 2 heterocycles. The first-order chi connectivity index (χ1) is 7.90. The summed E-state index contributed by atoms with van der Waals surface area (Å²) in [7, 11) is 0. The van der Waals surface area contributed by atoms with Crippen molar-refractivity contribution in [3.63, 3.8) is 0 Å². The van der Waals surface area contributed by atoms with Crippen LogP contribution in [0.2, 0.25) is 0 Å². The van der Waals surface area contributed by atoms with Crippen molar-refractivity contribution in [3.8, 4) is 0 Å². The van der Waals surface area contributed by atoms with Gasteiger partial charge >= 0.3 is 0 Å². The van der Waals surface area contributed by atoms with E-state index in [9.17, 15) is 0 Å². The number of nitrogens with two attached hydrogens (primary N) is 1. The Labute approximate surface area is 96.4 Å². The standard InChI is InChI=1S/C12H19N3O/c13-6-10-16-11-4-8-15(9-5-11)12-3-1-2-7-14-12/h1-3,7,11H,4-6,8-10,13H2. The average Bonchev–Trinajstić information content (AvgIpc) is 2.38. The van der Waals surface area contributed by atoms with Gasteiger partial charge in [0.05, 0.1) is 12.7 Å². The number of aromatic nitrogens is 1. The molecule has 0 saturated carbocycles. The van der Waals surface area contributed by atoms with Gasteiger partial charge in [0.15, 0.2) is 0 Å². The molecule has 0 radical (unpaired) electrons. The van der Waals surface area contributed by atoms with E-state index in [1.807, 2.05) is 18.3 Å². The van der Waals surface area contributed by atoms with Gasteiger partial charge in [-0.05, 0) is 25.0 Å². The molecule has 0 spiro atoms. The summed E-state index contributed by atoms with van der Waals surface area (Å²) in [5.41, 5.74) is 5.42. The summed E-state index contributed by atoms with van der Waals surface area (Å²) in [6, 6.07) is 6.03. The van der Waals surface area contributed by atoms with Crippen LogP contribution in [0, 0.1) is 0 Å². The number of nitrogens with zero attached hydrogens (tertiary/aromatic N) is 2. The molecular formula is C12H19N3O. The Hall–Kier alpha value is -1.13. The maximum atomic E-state index is 5.64. The van der Waals surface area contributed by atoms with E-state index in [1.54, 1.807) is 0 Å². The van der Waals surface area contributed by atoms with Crippen LogP contribution in [0.25, 0.3) is 0 Å². The van der Waals surface area contributed by atoms with Crippen LogP contribution in [-0.2, 0) is 4.74 Å². The molecule has 1 aromatic heterocycles. The van der Waals surface area contributed by atoms with E-state index in [4.69, 9.17) is 10.5 Å². The molecule has 1 saturated heterocycles. The van der Waals surface area contributed by atoms with Crippen molar-refractivity contribution in [2.24, 2.45) is 5.73 Å².